The SMILES string of the molecule is Cc1ccc(C(Nc2cc(Cl)ccc2O)c2ccccc2)cc1. The zero-order valence-corrected chi connectivity index (χ0v) is 13.6. The Balaban J connectivity index is 2.02. The van der Waals surface area contributed by atoms with Crippen LogP contribution in [-0.2, 0) is 0 Å². The first-order valence-electron chi connectivity index (χ1n) is 7.50. The van der Waals surface area contributed by atoms with Crippen LogP contribution in [0.2, 0.25) is 5.02 Å². The molecule has 0 saturated heterocycles. The number of hydrogen-bond acceptors (Lipinski definition) is 2. The van der Waals surface area contributed by atoms with Gasteiger partial charge in [-0.2, -0.15) is 0 Å². The fourth-order valence-corrected chi connectivity index (χ4v) is 2.71. The highest BCUT2D eigenvalue weighted by atomic mass is 35.5. The van der Waals surface area contributed by atoms with Crippen LogP contribution in [0.5, 0.6) is 5.75 Å². The Kier molecular flexibility index (Phi) is 4.54. The van der Waals surface area contributed by atoms with Crippen molar-refractivity contribution in [2.75, 3.05) is 5.32 Å². The molecule has 0 aliphatic carbocycles. The molecule has 3 aromatic rings. The van der Waals surface area contributed by atoms with Crippen molar-refractivity contribution in [3.63, 3.8) is 0 Å². The van der Waals surface area contributed by atoms with Crippen molar-refractivity contribution >= 4 is 17.3 Å². The summed E-state index contributed by atoms with van der Waals surface area (Å²) in [7, 11) is 0. The van der Waals surface area contributed by atoms with E-state index in [9.17, 15) is 5.11 Å². The van der Waals surface area contributed by atoms with Gasteiger partial charge in [0.1, 0.15) is 5.75 Å². The first-order valence-corrected chi connectivity index (χ1v) is 7.88. The van der Waals surface area contributed by atoms with Crippen LogP contribution in [0.1, 0.15) is 22.7 Å². The molecule has 1 atom stereocenters. The van der Waals surface area contributed by atoms with Gasteiger partial charge in [0.15, 0.2) is 0 Å². The van der Waals surface area contributed by atoms with Gasteiger partial charge in [-0.25, -0.2) is 0 Å². The quantitative estimate of drug-likeness (QED) is 0.616. The molecule has 0 radical (unpaired) electrons. The van der Waals surface area contributed by atoms with Gasteiger partial charge in [-0.15, -0.1) is 0 Å². The summed E-state index contributed by atoms with van der Waals surface area (Å²) in [6.07, 6.45) is 0. The van der Waals surface area contributed by atoms with Crippen LogP contribution in [0.4, 0.5) is 5.69 Å². The standard InChI is InChI=1S/C20H18ClNO/c1-14-7-9-16(10-8-14)20(15-5-3-2-4-6-15)22-18-13-17(21)11-12-19(18)23/h2-13,20,22-23H,1H3. The fourth-order valence-electron chi connectivity index (χ4n) is 2.54. The Morgan fingerprint density at radius 1 is 0.870 bits per heavy atom. The second kappa shape index (κ2) is 6.76. The van der Waals surface area contributed by atoms with Gasteiger partial charge in [0.25, 0.3) is 0 Å². The van der Waals surface area contributed by atoms with Crippen LogP contribution in [0.25, 0.3) is 0 Å². The summed E-state index contributed by atoms with van der Waals surface area (Å²) >= 11 is 6.06. The molecule has 1 unspecified atom stereocenters. The number of aromatic hydroxyl groups is 1. The van der Waals surface area contributed by atoms with Crippen molar-refractivity contribution in [2.24, 2.45) is 0 Å². The number of benzene rings is 3. The number of nitrogens with one attached hydrogen (secondary N) is 1. The van der Waals surface area contributed by atoms with Gasteiger partial charge >= 0.3 is 0 Å². The number of aryl methyl sites for hydroxylation is 1. The summed E-state index contributed by atoms with van der Waals surface area (Å²) in [6.45, 7) is 2.07. The lowest BCUT2D eigenvalue weighted by atomic mass is 9.97. The molecule has 3 heteroatoms. The zero-order chi connectivity index (χ0) is 16.2. The van der Waals surface area contributed by atoms with Gasteiger partial charge in [-0.3, -0.25) is 0 Å². The van der Waals surface area contributed by atoms with Crippen molar-refractivity contribution in [2.45, 2.75) is 13.0 Å². The number of rotatable bonds is 4. The highest BCUT2D eigenvalue weighted by Gasteiger charge is 2.15. The minimum Gasteiger partial charge on any atom is -0.506 e. The predicted octanol–water partition coefficient (Wildman–Crippen LogP) is 5.56. The first-order chi connectivity index (χ1) is 11.1. The van der Waals surface area contributed by atoms with Crippen LogP contribution in [0.15, 0.2) is 72.8 Å². The Labute approximate surface area is 141 Å². The van der Waals surface area contributed by atoms with Crippen LogP contribution in [-0.4, -0.2) is 5.11 Å². The van der Waals surface area contributed by atoms with Gasteiger partial charge in [-0.05, 0) is 36.2 Å². The predicted molar refractivity (Wildman–Crippen MR) is 96.2 cm³/mol. The van der Waals surface area contributed by atoms with E-state index in [1.54, 1.807) is 18.2 Å². The van der Waals surface area contributed by atoms with Gasteiger partial charge in [-0.1, -0.05) is 71.8 Å². The summed E-state index contributed by atoms with van der Waals surface area (Å²) in [5.41, 5.74) is 4.08. The second-order valence-electron chi connectivity index (χ2n) is 5.56. The molecule has 0 aliphatic rings. The Bertz CT molecular complexity index is 784. The minimum absolute atomic E-state index is 0.0684. The molecule has 3 rings (SSSR count). The van der Waals surface area contributed by atoms with Crippen molar-refractivity contribution in [1.29, 1.82) is 0 Å². The minimum atomic E-state index is -0.0684. The highest BCUT2D eigenvalue weighted by molar-refractivity contribution is 6.30. The molecular formula is C20H18ClNO. The van der Waals surface area contributed by atoms with E-state index in [-0.39, 0.29) is 11.8 Å². The molecule has 0 fully saturated rings. The molecule has 0 amide bonds. The number of phenolic OH excluding ortho intramolecular Hbond substituents is 1. The molecule has 23 heavy (non-hydrogen) atoms. The molecule has 0 spiro atoms. The van der Waals surface area contributed by atoms with Crippen molar-refractivity contribution < 1.29 is 5.11 Å². The van der Waals surface area contributed by atoms with Gasteiger partial charge in [0, 0.05) is 5.02 Å². The first kappa shape index (κ1) is 15.4. The van der Waals surface area contributed by atoms with E-state index in [1.807, 2.05) is 18.2 Å². The average molecular weight is 324 g/mol. The maximum absolute atomic E-state index is 10.1. The Hall–Kier alpha value is -2.45. The van der Waals surface area contributed by atoms with Gasteiger partial charge in [0.05, 0.1) is 11.7 Å². The maximum Gasteiger partial charge on any atom is 0.138 e. The molecular weight excluding hydrogens is 306 g/mol. The molecule has 2 nitrogen and oxygen atoms in total. The molecule has 3 aromatic carbocycles. The number of phenols is 1. The summed E-state index contributed by atoms with van der Waals surface area (Å²) in [4.78, 5) is 0. The third kappa shape index (κ3) is 3.66. The summed E-state index contributed by atoms with van der Waals surface area (Å²) in [6, 6.07) is 23.5. The molecule has 0 aliphatic heterocycles. The number of halogens is 1. The summed E-state index contributed by atoms with van der Waals surface area (Å²) in [5.74, 6) is 0.183. The van der Waals surface area contributed by atoms with Crippen LogP contribution < -0.4 is 5.32 Å². The number of anilines is 1. The third-order valence-electron chi connectivity index (χ3n) is 3.80. The fraction of sp³-hybridized carbons (Fsp3) is 0.100. The van der Waals surface area contributed by atoms with Gasteiger partial charge < -0.3 is 10.4 Å². The van der Waals surface area contributed by atoms with E-state index in [0.717, 1.165) is 11.1 Å². The molecule has 0 heterocycles. The Morgan fingerprint density at radius 3 is 2.22 bits per heavy atom. The van der Waals surface area contributed by atoms with E-state index in [2.05, 4.69) is 48.6 Å². The lowest BCUT2D eigenvalue weighted by Crippen LogP contribution is -2.12. The van der Waals surface area contributed by atoms with E-state index in [0.29, 0.717) is 10.7 Å². The van der Waals surface area contributed by atoms with Crippen LogP contribution >= 0.6 is 11.6 Å². The normalized spacial score (nSPS) is 11.9. The van der Waals surface area contributed by atoms with E-state index in [1.165, 1.54) is 5.56 Å². The number of hydrogen-bond donors (Lipinski definition) is 2. The van der Waals surface area contributed by atoms with E-state index < -0.39 is 0 Å². The Morgan fingerprint density at radius 2 is 1.52 bits per heavy atom. The molecule has 0 aromatic heterocycles. The van der Waals surface area contributed by atoms with Crippen LogP contribution in [0, 0.1) is 6.92 Å². The van der Waals surface area contributed by atoms with E-state index >= 15 is 0 Å². The zero-order valence-electron chi connectivity index (χ0n) is 12.8. The van der Waals surface area contributed by atoms with Crippen LogP contribution in [0.3, 0.4) is 0 Å². The molecule has 116 valence electrons. The maximum atomic E-state index is 10.1. The van der Waals surface area contributed by atoms with Crippen molar-refractivity contribution in [3.8, 4) is 5.75 Å². The largest absolute Gasteiger partial charge is 0.506 e. The topological polar surface area (TPSA) is 32.3 Å². The lowest BCUT2D eigenvalue weighted by molar-refractivity contribution is 0.477. The average Bonchev–Trinajstić information content (AvgIpc) is 2.57. The monoisotopic (exact) mass is 323 g/mol. The third-order valence-corrected chi connectivity index (χ3v) is 4.04. The lowest BCUT2D eigenvalue weighted by Gasteiger charge is -2.22. The van der Waals surface area contributed by atoms with Crippen molar-refractivity contribution in [1.82, 2.24) is 0 Å². The van der Waals surface area contributed by atoms with Gasteiger partial charge in [0.2, 0.25) is 0 Å². The molecule has 2 N–H and O–H groups in total. The summed E-state index contributed by atoms with van der Waals surface area (Å²) < 4.78 is 0. The second-order valence-corrected chi connectivity index (χ2v) is 6.00. The molecule has 0 saturated carbocycles. The van der Waals surface area contributed by atoms with E-state index in [4.69, 9.17) is 11.6 Å². The smallest absolute Gasteiger partial charge is 0.138 e. The summed E-state index contributed by atoms with van der Waals surface area (Å²) in [5, 5.41) is 14.1. The highest BCUT2D eigenvalue weighted by Crippen LogP contribution is 2.33. The van der Waals surface area contributed by atoms with Crippen molar-refractivity contribution in [3.05, 3.63) is 94.5 Å². The molecule has 0 bridgehead atoms.